The number of ether oxygens (including phenoxy) is 2. The largest absolute Gasteiger partial charge is 0.494 e. The van der Waals surface area contributed by atoms with Crippen molar-refractivity contribution >= 4 is 18.0 Å². The Hall–Kier alpha value is -3.15. The molecule has 0 aromatic heterocycles. The van der Waals surface area contributed by atoms with Crippen LogP contribution in [-0.2, 0) is 20.7 Å². The zero-order chi connectivity index (χ0) is 20.8. The number of esters is 1. The van der Waals surface area contributed by atoms with Crippen LogP contribution in [0.5, 0.6) is 5.75 Å². The zero-order valence-corrected chi connectivity index (χ0v) is 16.5. The predicted molar refractivity (Wildman–Crippen MR) is 108 cm³/mol. The second-order valence-corrected chi connectivity index (χ2v) is 6.96. The summed E-state index contributed by atoms with van der Waals surface area (Å²) in [6, 6.07) is 12.3. The van der Waals surface area contributed by atoms with Crippen LogP contribution in [0.1, 0.15) is 42.5 Å². The second-order valence-electron chi connectivity index (χ2n) is 6.96. The molecule has 0 saturated heterocycles. The van der Waals surface area contributed by atoms with E-state index in [1.54, 1.807) is 6.07 Å². The molecule has 29 heavy (non-hydrogen) atoms. The lowest BCUT2D eigenvalue weighted by Crippen LogP contribution is -2.39. The van der Waals surface area contributed by atoms with Gasteiger partial charge in [0.1, 0.15) is 0 Å². The third-order valence-corrected chi connectivity index (χ3v) is 4.94. The molecule has 0 heterocycles. The number of hydrogen-bond donors (Lipinski definition) is 1. The van der Waals surface area contributed by atoms with Crippen molar-refractivity contribution in [1.82, 2.24) is 5.32 Å². The minimum Gasteiger partial charge on any atom is -0.494 e. The van der Waals surface area contributed by atoms with Crippen molar-refractivity contribution in [3.05, 3.63) is 71.0 Å². The Morgan fingerprint density at radius 1 is 1.24 bits per heavy atom. The number of carbonyl (C=O) groups excluding carboxylic acids is 2. The summed E-state index contributed by atoms with van der Waals surface area (Å²) in [5, 5.41) is 2.97. The van der Waals surface area contributed by atoms with E-state index in [4.69, 9.17) is 9.47 Å². The Morgan fingerprint density at radius 3 is 2.79 bits per heavy atom. The lowest BCUT2D eigenvalue weighted by molar-refractivity contribution is -0.150. The molecule has 2 aromatic rings. The fourth-order valence-corrected chi connectivity index (χ4v) is 3.41. The molecule has 6 heteroatoms. The van der Waals surface area contributed by atoms with Crippen LogP contribution in [0, 0.1) is 5.82 Å². The summed E-state index contributed by atoms with van der Waals surface area (Å²) in [7, 11) is 1.38. The molecule has 5 nitrogen and oxygen atoms in total. The molecular weight excluding hydrogens is 373 g/mol. The topological polar surface area (TPSA) is 64.6 Å². The van der Waals surface area contributed by atoms with E-state index in [-0.39, 0.29) is 17.7 Å². The molecule has 0 spiro atoms. The Bertz CT molecular complexity index is 925. The van der Waals surface area contributed by atoms with Gasteiger partial charge in [0.15, 0.2) is 17.7 Å². The van der Waals surface area contributed by atoms with Crippen molar-refractivity contribution in [3.8, 4) is 5.75 Å². The lowest BCUT2D eigenvalue weighted by Gasteiger charge is -2.27. The minimum atomic E-state index is -0.936. The molecular formula is C23H24FNO4. The summed E-state index contributed by atoms with van der Waals surface area (Å²) in [6.45, 7) is 1.53. The Kier molecular flexibility index (Phi) is 6.65. The van der Waals surface area contributed by atoms with E-state index in [9.17, 15) is 14.0 Å². The van der Waals surface area contributed by atoms with Gasteiger partial charge in [0, 0.05) is 6.08 Å². The highest BCUT2D eigenvalue weighted by Gasteiger charge is 2.24. The van der Waals surface area contributed by atoms with Gasteiger partial charge >= 0.3 is 5.97 Å². The molecule has 1 amide bonds. The molecule has 0 radical (unpaired) electrons. The molecule has 152 valence electrons. The van der Waals surface area contributed by atoms with Gasteiger partial charge in [-0.25, -0.2) is 9.18 Å². The molecule has 1 aliphatic rings. The first-order valence-corrected chi connectivity index (χ1v) is 9.58. The molecule has 0 bridgehead atoms. The van der Waals surface area contributed by atoms with Crippen molar-refractivity contribution < 1.29 is 23.5 Å². The number of hydrogen-bond acceptors (Lipinski definition) is 4. The molecule has 2 aromatic carbocycles. The molecule has 0 aliphatic heterocycles. The van der Waals surface area contributed by atoms with Gasteiger partial charge in [-0.2, -0.15) is 0 Å². The summed E-state index contributed by atoms with van der Waals surface area (Å²) >= 11 is 0. The molecule has 2 atom stereocenters. The fraction of sp³-hybridized carbons (Fsp3) is 0.304. The summed E-state index contributed by atoms with van der Waals surface area (Å²) in [5.41, 5.74) is 2.84. The Labute approximate surface area is 169 Å². The van der Waals surface area contributed by atoms with Crippen LogP contribution >= 0.6 is 0 Å². The van der Waals surface area contributed by atoms with E-state index in [1.165, 1.54) is 43.9 Å². The summed E-state index contributed by atoms with van der Waals surface area (Å²) in [6.07, 6.45) is 4.51. The van der Waals surface area contributed by atoms with Crippen LogP contribution in [0.3, 0.4) is 0 Å². The number of carbonyl (C=O) groups is 2. The van der Waals surface area contributed by atoms with Gasteiger partial charge in [-0.1, -0.05) is 30.3 Å². The van der Waals surface area contributed by atoms with E-state index in [0.29, 0.717) is 5.56 Å². The Balaban J connectivity index is 1.56. The van der Waals surface area contributed by atoms with Crippen LogP contribution in [0.2, 0.25) is 0 Å². The summed E-state index contributed by atoms with van der Waals surface area (Å²) in [5.74, 6) is -1.42. The van der Waals surface area contributed by atoms with E-state index < -0.39 is 17.9 Å². The fourth-order valence-electron chi connectivity index (χ4n) is 3.41. The highest BCUT2D eigenvalue weighted by atomic mass is 19.1. The van der Waals surface area contributed by atoms with Crippen LogP contribution in [0.4, 0.5) is 4.39 Å². The van der Waals surface area contributed by atoms with E-state index in [2.05, 4.69) is 11.4 Å². The number of halogens is 1. The molecule has 0 fully saturated rings. The first-order valence-electron chi connectivity index (χ1n) is 9.58. The monoisotopic (exact) mass is 397 g/mol. The summed E-state index contributed by atoms with van der Waals surface area (Å²) in [4.78, 5) is 24.5. The third-order valence-electron chi connectivity index (χ3n) is 4.94. The lowest BCUT2D eigenvalue weighted by atomic mass is 9.87. The Morgan fingerprint density at radius 2 is 2.03 bits per heavy atom. The summed E-state index contributed by atoms with van der Waals surface area (Å²) < 4.78 is 23.7. The van der Waals surface area contributed by atoms with Crippen LogP contribution in [0.25, 0.3) is 6.08 Å². The number of benzene rings is 2. The van der Waals surface area contributed by atoms with E-state index in [1.807, 2.05) is 18.2 Å². The van der Waals surface area contributed by atoms with Gasteiger partial charge in [-0.05, 0) is 61.1 Å². The minimum absolute atomic E-state index is 0.0774. The molecule has 1 aliphatic carbocycles. The predicted octanol–water partition coefficient (Wildman–Crippen LogP) is 3.97. The third kappa shape index (κ3) is 5.22. The van der Waals surface area contributed by atoms with Gasteiger partial charge in [0.2, 0.25) is 0 Å². The number of aryl methyl sites for hydroxylation is 1. The maximum absolute atomic E-state index is 13.7. The van der Waals surface area contributed by atoms with Crippen molar-refractivity contribution in [1.29, 1.82) is 0 Å². The van der Waals surface area contributed by atoms with Gasteiger partial charge in [-0.15, -0.1) is 0 Å². The van der Waals surface area contributed by atoms with E-state index in [0.717, 1.165) is 24.8 Å². The van der Waals surface area contributed by atoms with Crippen LogP contribution in [0.15, 0.2) is 48.5 Å². The maximum Gasteiger partial charge on any atom is 0.331 e. The zero-order valence-electron chi connectivity index (χ0n) is 16.5. The van der Waals surface area contributed by atoms with Crippen molar-refractivity contribution in [2.75, 3.05) is 7.11 Å². The number of methoxy groups -OCH3 is 1. The first kappa shape index (κ1) is 20.6. The smallest absolute Gasteiger partial charge is 0.331 e. The highest BCUT2D eigenvalue weighted by molar-refractivity contribution is 5.90. The van der Waals surface area contributed by atoms with Crippen molar-refractivity contribution in [2.45, 2.75) is 38.3 Å². The van der Waals surface area contributed by atoms with Gasteiger partial charge in [0.25, 0.3) is 5.91 Å². The highest BCUT2D eigenvalue weighted by Crippen LogP contribution is 2.29. The van der Waals surface area contributed by atoms with Crippen LogP contribution < -0.4 is 10.1 Å². The second kappa shape index (κ2) is 9.37. The number of rotatable bonds is 6. The van der Waals surface area contributed by atoms with Crippen molar-refractivity contribution in [2.24, 2.45) is 0 Å². The standard InChI is InChI=1S/C23H24FNO4/c1-15(23(27)25-20-9-5-7-17-6-3-4-8-18(17)20)29-22(26)13-11-16-10-12-21(28-2)19(24)14-16/h3-4,6,8,10-15,20H,5,7,9H2,1-2H3,(H,25,27)/b13-11+/t15-,20+/m1/s1. The van der Waals surface area contributed by atoms with E-state index >= 15 is 0 Å². The average Bonchev–Trinajstić information content (AvgIpc) is 2.72. The molecule has 0 unspecified atom stereocenters. The van der Waals surface area contributed by atoms with Gasteiger partial charge in [0.05, 0.1) is 13.2 Å². The quantitative estimate of drug-likeness (QED) is 0.592. The average molecular weight is 397 g/mol. The van der Waals surface area contributed by atoms with Gasteiger partial charge < -0.3 is 14.8 Å². The number of amides is 1. The van der Waals surface area contributed by atoms with Gasteiger partial charge in [-0.3, -0.25) is 4.79 Å². The first-order chi connectivity index (χ1) is 14.0. The molecule has 1 N–H and O–H groups in total. The van der Waals surface area contributed by atoms with Crippen LogP contribution in [-0.4, -0.2) is 25.1 Å². The SMILES string of the molecule is COc1ccc(/C=C/C(=O)O[C@H](C)C(=O)N[C@H]2CCCc3ccccc32)cc1F. The normalized spacial score (nSPS) is 16.7. The maximum atomic E-state index is 13.7. The molecule has 3 rings (SSSR count). The number of fused-ring (bicyclic) bond motifs is 1. The van der Waals surface area contributed by atoms with Crippen molar-refractivity contribution in [3.63, 3.8) is 0 Å². The molecule has 0 saturated carbocycles. The number of nitrogens with one attached hydrogen (secondary N) is 1.